The maximum atomic E-state index is 7.22. The Hall–Kier alpha value is -1.05. The zero-order valence-electron chi connectivity index (χ0n) is 12.6. The SMILES string of the molecule is CC(C)(C)[Si](Cl)(Cc1ccccc1)Cc1ccccc1. The Kier molecular flexibility index (Phi) is 4.72. The molecule has 2 rings (SSSR count). The summed E-state index contributed by atoms with van der Waals surface area (Å²) in [5.41, 5.74) is 2.72. The molecule has 0 atom stereocenters. The van der Waals surface area contributed by atoms with E-state index in [0.29, 0.717) is 0 Å². The molecule has 0 radical (unpaired) electrons. The quantitative estimate of drug-likeness (QED) is 0.514. The number of rotatable bonds is 4. The van der Waals surface area contributed by atoms with Crippen LogP contribution in [0.5, 0.6) is 0 Å². The first-order valence-electron chi connectivity index (χ1n) is 7.17. The molecule has 0 aliphatic carbocycles. The van der Waals surface area contributed by atoms with E-state index >= 15 is 0 Å². The van der Waals surface area contributed by atoms with E-state index in [-0.39, 0.29) is 5.04 Å². The van der Waals surface area contributed by atoms with Crippen molar-refractivity contribution in [2.45, 2.75) is 37.9 Å². The lowest BCUT2D eigenvalue weighted by molar-refractivity contribution is 0.716. The molecule has 0 unspecified atom stereocenters. The van der Waals surface area contributed by atoms with Crippen molar-refractivity contribution in [1.29, 1.82) is 0 Å². The molecular formula is C18H23ClSi. The third-order valence-corrected chi connectivity index (χ3v) is 11.1. The van der Waals surface area contributed by atoms with Gasteiger partial charge in [0.2, 0.25) is 0 Å². The first kappa shape index (κ1) is 15.3. The second-order valence-electron chi connectivity index (χ2n) is 6.54. The summed E-state index contributed by atoms with van der Waals surface area (Å²) in [5, 5.41) is 0.167. The molecule has 2 aromatic carbocycles. The highest BCUT2D eigenvalue weighted by atomic mass is 35.6. The van der Waals surface area contributed by atoms with Crippen molar-refractivity contribution < 1.29 is 0 Å². The summed E-state index contributed by atoms with van der Waals surface area (Å²) in [5.74, 6) is 0. The van der Waals surface area contributed by atoms with Gasteiger partial charge in [0.25, 0.3) is 0 Å². The highest BCUT2D eigenvalue weighted by Crippen LogP contribution is 2.43. The predicted octanol–water partition coefficient (Wildman–Crippen LogP) is 5.53. The van der Waals surface area contributed by atoms with Gasteiger partial charge in [0.1, 0.15) is 0 Å². The van der Waals surface area contributed by atoms with Crippen molar-refractivity contribution in [3.05, 3.63) is 71.8 Å². The Morgan fingerprint density at radius 3 is 1.40 bits per heavy atom. The number of hydrogen-bond donors (Lipinski definition) is 0. The summed E-state index contributed by atoms with van der Waals surface area (Å²) in [6.07, 6.45) is 0. The average molecular weight is 303 g/mol. The molecule has 2 heteroatoms. The van der Waals surface area contributed by atoms with Crippen LogP contribution in [0.2, 0.25) is 5.04 Å². The van der Waals surface area contributed by atoms with Crippen LogP contribution in [0.3, 0.4) is 0 Å². The summed E-state index contributed by atoms with van der Waals surface area (Å²) in [7, 11) is -1.96. The maximum absolute atomic E-state index is 7.22. The molecule has 0 saturated heterocycles. The van der Waals surface area contributed by atoms with Crippen LogP contribution in [-0.4, -0.2) is 7.38 Å². The van der Waals surface area contributed by atoms with Gasteiger partial charge in [0.15, 0.2) is 7.38 Å². The Morgan fingerprint density at radius 2 is 1.10 bits per heavy atom. The summed E-state index contributed by atoms with van der Waals surface area (Å²) in [4.78, 5) is 0. The van der Waals surface area contributed by atoms with Gasteiger partial charge in [-0.25, -0.2) is 0 Å². The molecule has 0 heterocycles. The summed E-state index contributed by atoms with van der Waals surface area (Å²) < 4.78 is 0. The highest BCUT2D eigenvalue weighted by Gasteiger charge is 2.43. The lowest BCUT2D eigenvalue weighted by atomic mass is 10.2. The van der Waals surface area contributed by atoms with Crippen molar-refractivity contribution in [3.8, 4) is 0 Å². The fourth-order valence-electron chi connectivity index (χ4n) is 2.43. The molecule has 0 aliphatic rings. The van der Waals surface area contributed by atoms with Crippen LogP contribution >= 0.6 is 11.1 Å². The van der Waals surface area contributed by atoms with Gasteiger partial charge in [0.05, 0.1) is 0 Å². The van der Waals surface area contributed by atoms with Crippen molar-refractivity contribution >= 4 is 18.5 Å². The van der Waals surface area contributed by atoms with Crippen LogP contribution in [0.1, 0.15) is 31.9 Å². The van der Waals surface area contributed by atoms with E-state index < -0.39 is 7.38 Å². The van der Waals surface area contributed by atoms with Gasteiger partial charge < -0.3 is 0 Å². The molecule has 20 heavy (non-hydrogen) atoms. The molecule has 0 amide bonds. The predicted molar refractivity (Wildman–Crippen MR) is 91.6 cm³/mol. The second-order valence-corrected chi connectivity index (χ2v) is 12.8. The van der Waals surface area contributed by atoms with Crippen molar-refractivity contribution in [1.82, 2.24) is 0 Å². The minimum Gasteiger partial charge on any atom is -0.166 e. The minimum absolute atomic E-state index is 0.167. The van der Waals surface area contributed by atoms with E-state index in [1.54, 1.807) is 0 Å². The Morgan fingerprint density at radius 1 is 0.750 bits per heavy atom. The zero-order valence-corrected chi connectivity index (χ0v) is 14.3. The molecular weight excluding hydrogens is 280 g/mol. The van der Waals surface area contributed by atoms with E-state index in [4.69, 9.17) is 11.1 Å². The molecule has 0 N–H and O–H groups in total. The number of hydrogen-bond acceptors (Lipinski definition) is 0. The largest absolute Gasteiger partial charge is 0.170 e. The van der Waals surface area contributed by atoms with Gasteiger partial charge in [-0.2, -0.15) is 11.1 Å². The van der Waals surface area contributed by atoms with Gasteiger partial charge in [-0.1, -0.05) is 81.4 Å². The Bertz CT molecular complexity index is 487. The number of halogens is 1. The third-order valence-electron chi connectivity index (χ3n) is 4.00. The first-order chi connectivity index (χ1) is 9.41. The van der Waals surface area contributed by atoms with Gasteiger partial charge in [-0.05, 0) is 28.3 Å². The van der Waals surface area contributed by atoms with Crippen molar-refractivity contribution in [2.24, 2.45) is 0 Å². The molecule has 106 valence electrons. The van der Waals surface area contributed by atoms with Crippen LogP contribution in [0, 0.1) is 0 Å². The monoisotopic (exact) mass is 302 g/mol. The van der Waals surface area contributed by atoms with E-state index in [2.05, 4.69) is 81.4 Å². The summed E-state index contributed by atoms with van der Waals surface area (Å²) in [6.45, 7) is 6.87. The van der Waals surface area contributed by atoms with Gasteiger partial charge in [-0.15, -0.1) is 0 Å². The van der Waals surface area contributed by atoms with E-state index in [1.165, 1.54) is 11.1 Å². The van der Waals surface area contributed by atoms with Gasteiger partial charge in [0, 0.05) is 0 Å². The molecule has 0 bridgehead atoms. The lowest BCUT2D eigenvalue weighted by Gasteiger charge is -2.38. The topological polar surface area (TPSA) is 0 Å². The summed E-state index contributed by atoms with van der Waals surface area (Å²) >= 11 is 7.22. The maximum Gasteiger partial charge on any atom is 0.170 e. The van der Waals surface area contributed by atoms with Gasteiger partial charge >= 0.3 is 0 Å². The minimum atomic E-state index is -1.96. The van der Waals surface area contributed by atoms with E-state index in [0.717, 1.165) is 12.1 Å². The third kappa shape index (κ3) is 3.74. The number of benzene rings is 2. The van der Waals surface area contributed by atoms with Crippen molar-refractivity contribution in [2.75, 3.05) is 0 Å². The molecule has 0 aliphatic heterocycles. The molecule has 0 aromatic heterocycles. The Balaban J connectivity index is 2.27. The fraction of sp³-hybridized carbons (Fsp3) is 0.333. The molecule has 2 aromatic rings. The summed E-state index contributed by atoms with van der Waals surface area (Å²) in [6, 6.07) is 23.4. The normalized spacial score (nSPS) is 12.4. The van der Waals surface area contributed by atoms with Crippen LogP contribution in [-0.2, 0) is 12.1 Å². The van der Waals surface area contributed by atoms with Crippen LogP contribution in [0.15, 0.2) is 60.7 Å². The average Bonchev–Trinajstić information content (AvgIpc) is 2.39. The Labute approximate surface area is 128 Å². The highest BCUT2D eigenvalue weighted by molar-refractivity contribution is 7.21. The van der Waals surface area contributed by atoms with Crippen LogP contribution in [0.25, 0.3) is 0 Å². The smallest absolute Gasteiger partial charge is 0.166 e. The van der Waals surface area contributed by atoms with E-state index in [1.807, 2.05) is 0 Å². The van der Waals surface area contributed by atoms with Crippen LogP contribution in [0.4, 0.5) is 0 Å². The fourth-order valence-corrected chi connectivity index (χ4v) is 6.31. The zero-order chi connectivity index (χ0) is 14.6. The lowest BCUT2D eigenvalue weighted by Crippen LogP contribution is -2.43. The molecule has 0 saturated carbocycles. The molecule has 0 fully saturated rings. The van der Waals surface area contributed by atoms with Crippen molar-refractivity contribution in [3.63, 3.8) is 0 Å². The standard InChI is InChI=1S/C18H23ClSi/c1-18(2,3)20(19,14-16-10-6-4-7-11-16)15-17-12-8-5-9-13-17/h4-13H,14-15H2,1-3H3. The molecule has 0 nitrogen and oxygen atoms in total. The molecule has 0 spiro atoms. The first-order valence-corrected chi connectivity index (χ1v) is 10.6. The van der Waals surface area contributed by atoms with E-state index in [9.17, 15) is 0 Å². The van der Waals surface area contributed by atoms with Gasteiger partial charge in [-0.3, -0.25) is 0 Å². The van der Waals surface area contributed by atoms with Crippen LogP contribution < -0.4 is 0 Å². The second kappa shape index (κ2) is 6.15.